The SMILES string of the molecule is Cn1cc(C2CN(c3cc(N4CCOC(c5cnn(C)c5)C4)ncn3)CCO2)cn1. The van der Waals surface area contributed by atoms with E-state index in [1.54, 1.807) is 15.7 Å². The molecule has 10 nitrogen and oxygen atoms in total. The Bertz CT molecular complexity index is 927. The zero-order chi connectivity index (χ0) is 20.5. The Balaban J connectivity index is 1.31. The van der Waals surface area contributed by atoms with E-state index in [0.717, 1.165) is 48.9 Å². The second kappa shape index (κ2) is 8.04. The number of aromatic nitrogens is 6. The zero-order valence-corrected chi connectivity index (χ0v) is 17.3. The van der Waals surface area contributed by atoms with E-state index in [2.05, 4.69) is 36.0 Å². The molecule has 0 radical (unpaired) electrons. The van der Waals surface area contributed by atoms with Crippen molar-refractivity contribution in [3.8, 4) is 0 Å². The van der Waals surface area contributed by atoms with Crippen LogP contribution in [0, 0.1) is 0 Å². The van der Waals surface area contributed by atoms with Crippen LogP contribution in [-0.4, -0.2) is 68.9 Å². The monoisotopic (exact) mass is 410 g/mol. The summed E-state index contributed by atoms with van der Waals surface area (Å²) in [6.45, 7) is 4.38. The second-order valence-electron chi connectivity index (χ2n) is 7.74. The summed E-state index contributed by atoms with van der Waals surface area (Å²) in [5, 5.41) is 8.53. The minimum Gasteiger partial charge on any atom is -0.370 e. The number of rotatable bonds is 4. The van der Waals surface area contributed by atoms with Crippen molar-refractivity contribution in [2.45, 2.75) is 12.2 Å². The predicted octanol–water partition coefficient (Wildman–Crippen LogP) is 1.10. The van der Waals surface area contributed by atoms with Crippen LogP contribution < -0.4 is 9.80 Å². The molecule has 0 aromatic carbocycles. The first-order valence-corrected chi connectivity index (χ1v) is 10.2. The lowest BCUT2D eigenvalue weighted by atomic mass is 10.1. The number of anilines is 2. The standard InChI is InChI=1S/C20H26N8O2/c1-25-10-15(8-23-25)17-12-27(3-5-29-17)19-7-20(22-14-21-19)28-4-6-30-18(13-28)16-9-24-26(2)11-16/h7-11,14,17-18H,3-6,12-13H2,1-2H3. The third-order valence-electron chi connectivity index (χ3n) is 5.61. The number of hydrogen-bond donors (Lipinski definition) is 0. The first-order valence-electron chi connectivity index (χ1n) is 10.2. The predicted molar refractivity (Wildman–Crippen MR) is 110 cm³/mol. The highest BCUT2D eigenvalue weighted by Gasteiger charge is 2.27. The van der Waals surface area contributed by atoms with E-state index in [1.807, 2.05) is 38.9 Å². The van der Waals surface area contributed by atoms with Crippen molar-refractivity contribution in [2.24, 2.45) is 14.1 Å². The minimum absolute atomic E-state index is 0.00999. The van der Waals surface area contributed by atoms with E-state index < -0.39 is 0 Å². The summed E-state index contributed by atoms with van der Waals surface area (Å²) in [5.41, 5.74) is 2.17. The molecular weight excluding hydrogens is 384 g/mol. The molecule has 5 rings (SSSR count). The van der Waals surface area contributed by atoms with Crippen molar-refractivity contribution in [3.63, 3.8) is 0 Å². The Morgan fingerprint density at radius 1 is 0.800 bits per heavy atom. The van der Waals surface area contributed by atoms with Gasteiger partial charge in [-0.3, -0.25) is 9.36 Å². The van der Waals surface area contributed by atoms with E-state index in [9.17, 15) is 0 Å². The van der Waals surface area contributed by atoms with Gasteiger partial charge in [0.25, 0.3) is 0 Å². The molecule has 0 amide bonds. The molecule has 2 aliphatic rings. The van der Waals surface area contributed by atoms with Crippen LogP contribution in [0.3, 0.4) is 0 Å². The zero-order valence-electron chi connectivity index (χ0n) is 17.3. The topological polar surface area (TPSA) is 86.4 Å². The molecule has 0 bridgehead atoms. The van der Waals surface area contributed by atoms with Crippen molar-refractivity contribution in [1.82, 2.24) is 29.5 Å². The van der Waals surface area contributed by atoms with Crippen LogP contribution in [0.5, 0.6) is 0 Å². The minimum atomic E-state index is -0.00999. The van der Waals surface area contributed by atoms with Gasteiger partial charge in [0.1, 0.15) is 30.2 Å². The largest absolute Gasteiger partial charge is 0.370 e. The number of morpholine rings is 2. The Labute approximate surface area is 175 Å². The Morgan fingerprint density at radius 3 is 1.73 bits per heavy atom. The van der Waals surface area contributed by atoms with Gasteiger partial charge >= 0.3 is 0 Å². The highest BCUT2D eigenvalue weighted by Crippen LogP contribution is 2.28. The normalized spacial score (nSPS) is 22.5. The van der Waals surface area contributed by atoms with Gasteiger partial charge in [0.2, 0.25) is 0 Å². The molecule has 0 N–H and O–H groups in total. The van der Waals surface area contributed by atoms with Gasteiger partial charge in [-0.05, 0) is 0 Å². The molecule has 2 unspecified atom stereocenters. The summed E-state index contributed by atoms with van der Waals surface area (Å²) in [6, 6.07) is 2.07. The fourth-order valence-electron chi connectivity index (χ4n) is 4.01. The fraction of sp³-hybridized carbons (Fsp3) is 0.500. The number of hydrogen-bond acceptors (Lipinski definition) is 8. The van der Waals surface area contributed by atoms with Crippen molar-refractivity contribution in [1.29, 1.82) is 0 Å². The van der Waals surface area contributed by atoms with Crippen LogP contribution in [0.4, 0.5) is 11.6 Å². The summed E-state index contributed by atoms with van der Waals surface area (Å²) in [5.74, 6) is 1.84. The van der Waals surface area contributed by atoms with Gasteiger partial charge in [0.05, 0.1) is 25.6 Å². The lowest BCUT2D eigenvalue weighted by Crippen LogP contribution is -2.40. The lowest BCUT2D eigenvalue weighted by molar-refractivity contribution is 0.0390. The first kappa shape index (κ1) is 19.0. The van der Waals surface area contributed by atoms with Crippen molar-refractivity contribution in [2.75, 3.05) is 49.2 Å². The maximum atomic E-state index is 5.97. The first-order chi connectivity index (χ1) is 14.7. The maximum absolute atomic E-state index is 5.97. The molecule has 3 aromatic rings. The number of aryl methyl sites for hydroxylation is 2. The van der Waals surface area contributed by atoms with Crippen LogP contribution in [0.2, 0.25) is 0 Å². The van der Waals surface area contributed by atoms with Gasteiger partial charge in [0, 0.05) is 69.9 Å². The maximum Gasteiger partial charge on any atom is 0.134 e. The van der Waals surface area contributed by atoms with Crippen molar-refractivity contribution < 1.29 is 9.47 Å². The molecule has 0 aliphatic carbocycles. The average Bonchev–Trinajstić information content (AvgIpc) is 3.42. The smallest absolute Gasteiger partial charge is 0.134 e. The highest BCUT2D eigenvalue weighted by molar-refractivity contribution is 5.51. The number of ether oxygens (including phenoxy) is 2. The van der Waals surface area contributed by atoms with E-state index in [0.29, 0.717) is 13.2 Å². The van der Waals surface area contributed by atoms with Crippen LogP contribution in [0.1, 0.15) is 23.3 Å². The van der Waals surface area contributed by atoms with E-state index in [-0.39, 0.29) is 12.2 Å². The Hall–Kier alpha value is -2.98. The molecule has 2 aliphatic heterocycles. The summed E-state index contributed by atoms with van der Waals surface area (Å²) in [6.07, 6.45) is 9.37. The average molecular weight is 410 g/mol. The van der Waals surface area contributed by atoms with Crippen LogP contribution in [0.25, 0.3) is 0 Å². The highest BCUT2D eigenvalue weighted by atomic mass is 16.5. The summed E-state index contributed by atoms with van der Waals surface area (Å²) < 4.78 is 15.5. The molecule has 158 valence electrons. The summed E-state index contributed by atoms with van der Waals surface area (Å²) in [4.78, 5) is 13.6. The van der Waals surface area contributed by atoms with Gasteiger partial charge in [-0.15, -0.1) is 0 Å². The molecule has 3 aromatic heterocycles. The van der Waals surface area contributed by atoms with Crippen molar-refractivity contribution in [3.05, 3.63) is 48.3 Å². The Kier molecular flexibility index (Phi) is 5.09. The van der Waals surface area contributed by atoms with Gasteiger partial charge in [-0.2, -0.15) is 10.2 Å². The molecule has 0 saturated carbocycles. The van der Waals surface area contributed by atoms with Gasteiger partial charge in [0.15, 0.2) is 0 Å². The lowest BCUT2D eigenvalue weighted by Gasteiger charge is -2.35. The molecule has 2 saturated heterocycles. The quantitative estimate of drug-likeness (QED) is 0.632. The molecule has 10 heteroatoms. The number of nitrogens with zero attached hydrogens (tertiary/aromatic N) is 8. The Morgan fingerprint density at radius 2 is 1.30 bits per heavy atom. The molecule has 2 fully saturated rings. The molecule has 2 atom stereocenters. The molecular formula is C20H26N8O2. The molecule has 30 heavy (non-hydrogen) atoms. The van der Waals surface area contributed by atoms with E-state index in [1.165, 1.54) is 0 Å². The van der Waals surface area contributed by atoms with E-state index >= 15 is 0 Å². The summed E-state index contributed by atoms with van der Waals surface area (Å²) in [7, 11) is 3.84. The van der Waals surface area contributed by atoms with Gasteiger partial charge < -0.3 is 19.3 Å². The van der Waals surface area contributed by atoms with E-state index in [4.69, 9.17) is 9.47 Å². The third kappa shape index (κ3) is 3.88. The second-order valence-corrected chi connectivity index (χ2v) is 7.74. The van der Waals surface area contributed by atoms with Gasteiger partial charge in [-0.1, -0.05) is 0 Å². The van der Waals surface area contributed by atoms with Crippen LogP contribution >= 0.6 is 0 Å². The molecule has 0 spiro atoms. The fourth-order valence-corrected chi connectivity index (χ4v) is 4.01. The summed E-state index contributed by atoms with van der Waals surface area (Å²) >= 11 is 0. The van der Waals surface area contributed by atoms with Crippen LogP contribution in [-0.2, 0) is 23.6 Å². The van der Waals surface area contributed by atoms with Crippen LogP contribution in [0.15, 0.2) is 37.2 Å². The van der Waals surface area contributed by atoms with Gasteiger partial charge in [-0.25, -0.2) is 9.97 Å². The third-order valence-corrected chi connectivity index (χ3v) is 5.61. The van der Waals surface area contributed by atoms with Crippen molar-refractivity contribution >= 4 is 11.6 Å². The molecule has 5 heterocycles.